The predicted molar refractivity (Wildman–Crippen MR) is 157 cm³/mol. The number of hydrogen-bond acceptors (Lipinski definition) is 7. The quantitative estimate of drug-likeness (QED) is 0.277. The van der Waals surface area contributed by atoms with Crippen molar-refractivity contribution in [1.29, 1.82) is 0 Å². The average molecular weight is 563 g/mol. The SMILES string of the molecule is O=C1NCc2c1sc1ccccc21.O=C1c2sc3ccccc3c2CN1c1cccc(-c2nncn2C2CC2)n1. The molecule has 0 unspecified atom stereocenters. The molecule has 0 atom stereocenters. The Labute approximate surface area is 236 Å². The van der Waals surface area contributed by atoms with E-state index in [-0.39, 0.29) is 11.8 Å². The van der Waals surface area contributed by atoms with Crippen LogP contribution < -0.4 is 10.2 Å². The van der Waals surface area contributed by atoms with Crippen molar-refractivity contribution < 1.29 is 9.59 Å². The molecule has 0 saturated heterocycles. The third-order valence-corrected chi connectivity index (χ3v) is 9.95. The first-order valence-electron chi connectivity index (χ1n) is 13.1. The standard InChI is InChI=1S/C20H15N5OS.C10H7NOS/c26-20-18-14(13-4-1-2-6-16(13)27-18)10-24(20)17-7-3-5-15(22-17)19-23-21-11-25(19)12-8-9-12;12-10-9-7(5-11-10)6-3-1-2-4-8(6)13-9/h1-7,11-12H,8-10H2;1-4H,5H2,(H,11,12). The molecular formula is C30H22N6O2S2. The van der Waals surface area contributed by atoms with Crippen molar-refractivity contribution in [2.24, 2.45) is 0 Å². The molecule has 2 aliphatic heterocycles. The van der Waals surface area contributed by atoms with E-state index in [0.29, 0.717) is 24.9 Å². The van der Waals surface area contributed by atoms with Crippen molar-refractivity contribution in [2.45, 2.75) is 32.0 Å². The molecule has 2 amide bonds. The summed E-state index contributed by atoms with van der Waals surface area (Å²) in [4.78, 5) is 32.6. The Hall–Kier alpha value is -4.41. The van der Waals surface area contributed by atoms with Crippen LogP contribution in [-0.4, -0.2) is 31.6 Å². The number of carbonyl (C=O) groups excluding carboxylic acids is 2. The van der Waals surface area contributed by atoms with Crippen LogP contribution in [-0.2, 0) is 13.1 Å². The number of nitrogens with zero attached hydrogens (tertiary/aromatic N) is 5. The van der Waals surface area contributed by atoms with Crippen molar-refractivity contribution in [3.63, 3.8) is 0 Å². The van der Waals surface area contributed by atoms with Gasteiger partial charge in [-0.1, -0.05) is 42.5 Å². The number of fused-ring (bicyclic) bond motifs is 6. The summed E-state index contributed by atoms with van der Waals surface area (Å²) in [5.41, 5.74) is 3.03. The average Bonchev–Trinajstić information content (AvgIpc) is 3.33. The van der Waals surface area contributed by atoms with Crippen LogP contribution in [0.5, 0.6) is 0 Å². The molecular weight excluding hydrogens is 541 g/mol. The summed E-state index contributed by atoms with van der Waals surface area (Å²) in [6.45, 7) is 1.25. The van der Waals surface area contributed by atoms with Gasteiger partial charge in [0.1, 0.15) is 17.8 Å². The first-order valence-corrected chi connectivity index (χ1v) is 14.8. The van der Waals surface area contributed by atoms with Crippen molar-refractivity contribution in [2.75, 3.05) is 4.90 Å². The smallest absolute Gasteiger partial charge is 0.270 e. The molecule has 9 rings (SSSR count). The molecule has 1 N–H and O–H groups in total. The van der Waals surface area contributed by atoms with Gasteiger partial charge in [0, 0.05) is 33.1 Å². The number of pyridine rings is 1. The van der Waals surface area contributed by atoms with E-state index in [1.165, 1.54) is 15.6 Å². The first kappa shape index (κ1) is 23.5. The summed E-state index contributed by atoms with van der Waals surface area (Å²) in [6, 6.07) is 22.6. The Bertz CT molecular complexity index is 1970. The third-order valence-electron chi connectivity index (χ3n) is 7.54. The lowest BCUT2D eigenvalue weighted by Gasteiger charge is -2.16. The molecule has 1 fully saturated rings. The molecule has 6 heterocycles. The number of anilines is 1. The molecule has 8 nitrogen and oxygen atoms in total. The van der Waals surface area contributed by atoms with E-state index in [4.69, 9.17) is 4.98 Å². The van der Waals surface area contributed by atoms with E-state index in [1.807, 2.05) is 42.5 Å². The van der Waals surface area contributed by atoms with Crippen LogP contribution in [0.3, 0.4) is 0 Å². The Morgan fingerprint density at radius 3 is 2.33 bits per heavy atom. The summed E-state index contributed by atoms with van der Waals surface area (Å²) in [6.07, 6.45) is 4.08. The Morgan fingerprint density at radius 2 is 1.55 bits per heavy atom. The van der Waals surface area contributed by atoms with Gasteiger partial charge >= 0.3 is 0 Å². The second kappa shape index (κ2) is 9.07. The molecule has 1 aliphatic carbocycles. The van der Waals surface area contributed by atoms with Gasteiger partial charge in [0.2, 0.25) is 0 Å². The lowest BCUT2D eigenvalue weighted by atomic mass is 10.1. The zero-order chi connectivity index (χ0) is 26.8. The second-order valence-corrected chi connectivity index (χ2v) is 12.2. The zero-order valence-electron chi connectivity index (χ0n) is 21.2. The summed E-state index contributed by atoms with van der Waals surface area (Å²) in [7, 11) is 0. The van der Waals surface area contributed by atoms with Crippen molar-refractivity contribution in [3.8, 4) is 11.5 Å². The minimum Gasteiger partial charge on any atom is -0.347 e. The number of carbonyl (C=O) groups is 2. The number of nitrogens with one attached hydrogen (secondary N) is 1. The summed E-state index contributed by atoms with van der Waals surface area (Å²) in [5.74, 6) is 1.54. The van der Waals surface area contributed by atoms with Gasteiger partial charge in [0.05, 0.1) is 16.3 Å². The van der Waals surface area contributed by atoms with E-state index < -0.39 is 0 Å². The molecule has 0 bridgehead atoms. The first-order chi connectivity index (χ1) is 19.7. The molecule has 0 radical (unpaired) electrons. The summed E-state index contributed by atoms with van der Waals surface area (Å²) >= 11 is 3.15. The Kier molecular flexibility index (Phi) is 5.32. The topological polar surface area (TPSA) is 93.0 Å². The number of thiophene rings is 2. The van der Waals surface area contributed by atoms with Crippen LogP contribution in [0.15, 0.2) is 73.1 Å². The molecule has 2 aromatic carbocycles. The predicted octanol–water partition coefficient (Wildman–Crippen LogP) is 6.19. The number of rotatable bonds is 3. The molecule has 3 aliphatic rings. The van der Waals surface area contributed by atoms with E-state index in [2.05, 4.69) is 44.3 Å². The number of aromatic nitrogens is 4. The molecule has 10 heteroatoms. The lowest BCUT2D eigenvalue weighted by molar-refractivity contribution is 0.0967. The highest BCUT2D eigenvalue weighted by atomic mass is 32.1. The fourth-order valence-electron chi connectivity index (χ4n) is 5.42. The minimum atomic E-state index is 0.0273. The van der Waals surface area contributed by atoms with Gasteiger partial charge < -0.3 is 9.88 Å². The van der Waals surface area contributed by atoms with Crippen molar-refractivity contribution in [1.82, 2.24) is 25.1 Å². The van der Waals surface area contributed by atoms with E-state index in [9.17, 15) is 9.59 Å². The summed E-state index contributed by atoms with van der Waals surface area (Å²) in [5, 5.41) is 13.5. The Balaban J connectivity index is 0.000000158. The maximum atomic E-state index is 13.0. The highest BCUT2D eigenvalue weighted by molar-refractivity contribution is 7.21. The van der Waals surface area contributed by atoms with Gasteiger partial charge in [-0.2, -0.15) is 0 Å². The van der Waals surface area contributed by atoms with Gasteiger partial charge in [-0.05, 0) is 47.9 Å². The number of benzene rings is 2. The van der Waals surface area contributed by atoms with Gasteiger partial charge in [0.15, 0.2) is 5.82 Å². The van der Waals surface area contributed by atoms with Crippen molar-refractivity contribution >= 4 is 60.5 Å². The Morgan fingerprint density at radius 1 is 0.825 bits per heavy atom. The second-order valence-electron chi connectivity index (χ2n) is 10.1. The molecule has 6 aromatic rings. The summed E-state index contributed by atoms with van der Waals surface area (Å²) < 4.78 is 4.46. The van der Waals surface area contributed by atoms with Gasteiger partial charge in [-0.25, -0.2) is 4.98 Å². The number of amides is 2. The third kappa shape index (κ3) is 3.75. The number of hydrogen-bond donors (Lipinski definition) is 1. The van der Waals surface area contributed by atoms with E-state index >= 15 is 0 Å². The fraction of sp³-hybridized carbons (Fsp3) is 0.167. The van der Waals surface area contributed by atoms with Crippen LogP contribution in [0.2, 0.25) is 0 Å². The highest BCUT2D eigenvalue weighted by Gasteiger charge is 2.33. The molecule has 1 saturated carbocycles. The van der Waals surface area contributed by atoms with Gasteiger partial charge in [-0.15, -0.1) is 32.9 Å². The van der Waals surface area contributed by atoms with Crippen LogP contribution in [0.1, 0.15) is 49.4 Å². The molecule has 0 spiro atoms. The van der Waals surface area contributed by atoms with Gasteiger partial charge in [0.25, 0.3) is 11.8 Å². The maximum Gasteiger partial charge on any atom is 0.270 e. The minimum absolute atomic E-state index is 0.0273. The van der Waals surface area contributed by atoms with Crippen LogP contribution in [0.4, 0.5) is 5.82 Å². The normalized spacial score (nSPS) is 15.8. The molecule has 196 valence electrons. The monoisotopic (exact) mass is 562 g/mol. The van der Waals surface area contributed by atoms with Gasteiger partial charge in [-0.3, -0.25) is 14.5 Å². The highest BCUT2D eigenvalue weighted by Crippen LogP contribution is 2.40. The van der Waals surface area contributed by atoms with E-state index in [0.717, 1.165) is 49.8 Å². The molecule has 40 heavy (non-hydrogen) atoms. The van der Waals surface area contributed by atoms with Crippen LogP contribution in [0, 0.1) is 0 Å². The fourth-order valence-corrected chi connectivity index (χ4v) is 7.72. The zero-order valence-corrected chi connectivity index (χ0v) is 22.8. The largest absolute Gasteiger partial charge is 0.347 e. The molecule has 4 aromatic heterocycles. The maximum absolute atomic E-state index is 13.0. The lowest BCUT2D eigenvalue weighted by Crippen LogP contribution is -2.24. The van der Waals surface area contributed by atoms with Crippen LogP contribution in [0.25, 0.3) is 31.7 Å². The van der Waals surface area contributed by atoms with Crippen molar-refractivity contribution in [3.05, 3.63) is 93.9 Å². The van der Waals surface area contributed by atoms with Crippen LogP contribution >= 0.6 is 22.7 Å². The van der Waals surface area contributed by atoms with E-state index in [1.54, 1.807) is 33.9 Å².